The maximum Gasteiger partial charge on any atom is 0.335 e. The number of para-hydroxylation sites is 1. The van der Waals surface area contributed by atoms with Crippen molar-refractivity contribution in [2.24, 2.45) is 5.10 Å². The highest BCUT2D eigenvalue weighted by molar-refractivity contribution is 7.80. The Bertz CT molecular complexity index is 839. The number of carbonyl (C=O) groups is 1. The van der Waals surface area contributed by atoms with Gasteiger partial charge < -0.3 is 19.9 Å². The second-order valence-electron chi connectivity index (χ2n) is 5.40. The summed E-state index contributed by atoms with van der Waals surface area (Å²) in [4.78, 5) is 11.1. The number of aromatic carboxylic acids is 1. The number of thiocarbonyl (C=S) groups is 1. The zero-order valence-corrected chi connectivity index (χ0v) is 15.9. The Hall–Kier alpha value is -3.13. The third-order valence-corrected chi connectivity index (χ3v) is 3.73. The van der Waals surface area contributed by atoms with Gasteiger partial charge in [-0.2, -0.15) is 5.10 Å². The fraction of sp³-hybridized carbons (Fsp3) is 0.211. The lowest BCUT2D eigenvalue weighted by atomic mass is 10.1. The summed E-state index contributed by atoms with van der Waals surface area (Å²) in [6.45, 7) is 2.82. The lowest BCUT2D eigenvalue weighted by molar-refractivity contribution is 0.0696. The molecule has 3 N–H and O–H groups in total. The number of nitrogens with one attached hydrogen (secondary N) is 2. The van der Waals surface area contributed by atoms with Gasteiger partial charge in [0.15, 0.2) is 16.6 Å². The minimum atomic E-state index is -0.982. The third-order valence-electron chi connectivity index (χ3n) is 3.49. The number of rotatable bonds is 8. The molecule has 8 heteroatoms. The first-order valence-electron chi connectivity index (χ1n) is 8.24. The highest BCUT2D eigenvalue weighted by Gasteiger charge is 2.11. The molecule has 0 saturated heterocycles. The number of hydrogen-bond donors (Lipinski definition) is 3. The monoisotopic (exact) mass is 387 g/mol. The van der Waals surface area contributed by atoms with Crippen molar-refractivity contribution >= 4 is 29.5 Å². The Morgan fingerprint density at radius 1 is 1.30 bits per heavy atom. The lowest BCUT2D eigenvalue weighted by Crippen LogP contribution is -2.31. The van der Waals surface area contributed by atoms with E-state index in [1.54, 1.807) is 37.6 Å². The van der Waals surface area contributed by atoms with E-state index < -0.39 is 5.97 Å². The van der Waals surface area contributed by atoms with Gasteiger partial charge in [-0.25, -0.2) is 4.79 Å². The highest BCUT2D eigenvalue weighted by atomic mass is 32.1. The maximum absolute atomic E-state index is 11.1. The smallest absolute Gasteiger partial charge is 0.335 e. The predicted molar refractivity (Wildman–Crippen MR) is 108 cm³/mol. The van der Waals surface area contributed by atoms with Crippen molar-refractivity contribution in [3.8, 4) is 11.5 Å². The molecular formula is C19H21N3O4S. The fourth-order valence-electron chi connectivity index (χ4n) is 2.26. The van der Waals surface area contributed by atoms with Crippen LogP contribution in [-0.4, -0.2) is 36.1 Å². The van der Waals surface area contributed by atoms with Crippen molar-refractivity contribution in [2.75, 3.05) is 13.7 Å². The number of benzene rings is 2. The molecule has 0 fully saturated rings. The van der Waals surface area contributed by atoms with E-state index in [9.17, 15) is 4.79 Å². The van der Waals surface area contributed by atoms with Crippen LogP contribution in [-0.2, 0) is 6.61 Å². The molecule has 0 amide bonds. The molecule has 0 spiro atoms. The van der Waals surface area contributed by atoms with Crippen LogP contribution in [0.2, 0.25) is 0 Å². The minimum Gasteiger partial charge on any atom is -0.493 e. The van der Waals surface area contributed by atoms with Gasteiger partial charge in [0.2, 0.25) is 0 Å². The number of carboxylic acids is 1. The second kappa shape index (κ2) is 10.1. The molecule has 0 heterocycles. The Morgan fingerprint density at radius 3 is 2.78 bits per heavy atom. The molecule has 0 aliphatic carbocycles. The fourth-order valence-corrected chi connectivity index (χ4v) is 2.46. The number of hydrogen-bond acceptors (Lipinski definition) is 5. The second-order valence-corrected chi connectivity index (χ2v) is 5.81. The number of ether oxygens (including phenoxy) is 2. The van der Waals surface area contributed by atoms with E-state index in [0.29, 0.717) is 28.7 Å². The Balaban J connectivity index is 2.17. The molecule has 27 heavy (non-hydrogen) atoms. The molecule has 0 atom stereocenters. The SMILES string of the molecule is CCNC(=S)N/N=C\c1cccc(OC)c1OCc1cccc(C(=O)O)c1. The topological polar surface area (TPSA) is 92.2 Å². The summed E-state index contributed by atoms with van der Waals surface area (Å²) in [5.74, 6) is 0.0629. The molecule has 0 bridgehead atoms. The van der Waals surface area contributed by atoms with Gasteiger partial charge in [-0.05, 0) is 49.0 Å². The van der Waals surface area contributed by atoms with Crippen molar-refractivity contribution in [3.05, 3.63) is 59.2 Å². The molecule has 0 aliphatic heterocycles. The molecule has 0 radical (unpaired) electrons. The van der Waals surface area contributed by atoms with Crippen LogP contribution in [0.5, 0.6) is 11.5 Å². The van der Waals surface area contributed by atoms with Crippen LogP contribution in [0.15, 0.2) is 47.6 Å². The summed E-state index contributed by atoms with van der Waals surface area (Å²) in [6.07, 6.45) is 1.58. The summed E-state index contributed by atoms with van der Waals surface area (Å²) < 4.78 is 11.3. The van der Waals surface area contributed by atoms with Crippen LogP contribution < -0.4 is 20.2 Å². The van der Waals surface area contributed by atoms with Gasteiger partial charge in [-0.3, -0.25) is 5.43 Å². The summed E-state index contributed by atoms with van der Waals surface area (Å²) in [7, 11) is 1.55. The van der Waals surface area contributed by atoms with Crippen LogP contribution in [0.25, 0.3) is 0 Å². The molecule has 0 saturated carbocycles. The van der Waals surface area contributed by atoms with E-state index in [1.165, 1.54) is 6.07 Å². The molecule has 2 aromatic carbocycles. The molecule has 0 unspecified atom stereocenters. The quantitative estimate of drug-likeness (QED) is 0.364. The number of hydrazone groups is 1. The van der Waals surface area contributed by atoms with Crippen LogP contribution >= 0.6 is 12.2 Å². The van der Waals surface area contributed by atoms with Crippen molar-refractivity contribution in [3.63, 3.8) is 0 Å². The van der Waals surface area contributed by atoms with Gasteiger partial charge in [0.25, 0.3) is 0 Å². The summed E-state index contributed by atoms with van der Waals surface area (Å²) in [5.41, 5.74) is 4.35. The number of methoxy groups -OCH3 is 1. The van der Waals surface area contributed by atoms with E-state index in [2.05, 4.69) is 15.8 Å². The summed E-state index contributed by atoms with van der Waals surface area (Å²) in [6, 6.07) is 12.0. The highest BCUT2D eigenvalue weighted by Crippen LogP contribution is 2.30. The normalized spacial score (nSPS) is 10.4. The van der Waals surface area contributed by atoms with E-state index in [0.717, 1.165) is 5.56 Å². The zero-order chi connectivity index (χ0) is 19.6. The average Bonchev–Trinajstić information content (AvgIpc) is 2.67. The average molecular weight is 387 g/mol. The molecule has 2 rings (SSSR count). The first-order valence-corrected chi connectivity index (χ1v) is 8.65. The standard InChI is InChI=1S/C19H21N3O4S/c1-3-20-19(27)22-21-11-15-8-5-9-16(25-2)17(15)26-12-13-6-4-7-14(10-13)18(23)24/h4-11H,3,12H2,1-2H3,(H,23,24)(H2,20,22,27)/b21-11-. The first kappa shape index (κ1) is 20.2. The number of nitrogens with zero attached hydrogens (tertiary/aromatic N) is 1. The van der Waals surface area contributed by atoms with Gasteiger partial charge in [0, 0.05) is 12.1 Å². The molecule has 0 aromatic heterocycles. The third kappa shape index (κ3) is 5.96. The van der Waals surface area contributed by atoms with Crippen LogP contribution in [0.1, 0.15) is 28.4 Å². The molecule has 0 aliphatic rings. The van der Waals surface area contributed by atoms with Crippen molar-refractivity contribution in [2.45, 2.75) is 13.5 Å². The summed E-state index contributed by atoms with van der Waals surface area (Å²) in [5, 5.41) is 16.6. The minimum absolute atomic E-state index is 0.186. The van der Waals surface area contributed by atoms with E-state index in [1.807, 2.05) is 19.1 Å². The maximum atomic E-state index is 11.1. The Kier molecular flexibility index (Phi) is 7.57. The van der Waals surface area contributed by atoms with E-state index in [4.69, 9.17) is 26.8 Å². The van der Waals surface area contributed by atoms with Crippen molar-refractivity contribution in [1.82, 2.24) is 10.7 Å². The molecule has 7 nitrogen and oxygen atoms in total. The van der Waals surface area contributed by atoms with Gasteiger partial charge in [0.05, 0.1) is 18.9 Å². The van der Waals surface area contributed by atoms with Crippen LogP contribution in [0, 0.1) is 0 Å². The number of carboxylic acid groups (broad SMARTS) is 1. The van der Waals surface area contributed by atoms with Gasteiger partial charge in [0.1, 0.15) is 6.61 Å². The molecule has 2 aromatic rings. The van der Waals surface area contributed by atoms with Crippen LogP contribution in [0.3, 0.4) is 0 Å². The molecular weight excluding hydrogens is 366 g/mol. The Labute approximate surface area is 163 Å². The van der Waals surface area contributed by atoms with Crippen molar-refractivity contribution in [1.29, 1.82) is 0 Å². The van der Waals surface area contributed by atoms with Crippen LogP contribution in [0.4, 0.5) is 0 Å². The first-order chi connectivity index (χ1) is 13.0. The van der Waals surface area contributed by atoms with Gasteiger partial charge in [-0.1, -0.05) is 18.2 Å². The summed E-state index contributed by atoms with van der Waals surface area (Å²) >= 11 is 5.06. The van der Waals surface area contributed by atoms with Gasteiger partial charge in [-0.15, -0.1) is 0 Å². The Morgan fingerprint density at radius 2 is 2.07 bits per heavy atom. The lowest BCUT2D eigenvalue weighted by Gasteiger charge is -2.13. The van der Waals surface area contributed by atoms with Gasteiger partial charge >= 0.3 is 5.97 Å². The molecule has 142 valence electrons. The van der Waals surface area contributed by atoms with Crippen molar-refractivity contribution < 1.29 is 19.4 Å². The largest absolute Gasteiger partial charge is 0.493 e. The predicted octanol–water partition coefficient (Wildman–Crippen LogP) is 2.79. The zero-order valence-electron chi connectivity index (χ0n) is 15.1. The van der Waals surface area contributed by atoms with E-state index >= 15 is 0 Å². The van der Waals surface area contributed by atoms with E-state index in [-0.39, 0.29) is 12.2 Å².